The van der Waals surface area contributed by atoms with E-state index in [1.807, 2.05) is 6.92 Å². The Kier molecular flexibility index (Phi) is 10.4. The van der Waals surface area contributed by atoms with E-state index < -0.39 is 33.4 Å². The van der Waals surface area contributed by atoms with Gasteiger partial charge in [-0.2, -0.15) is 0 Å². The predicted molar refractivity (Wildman–Crippen MR) is 142 cm³/mol. The number of nitro benzene ring substituents is 1. The summed E-state index contributed by atoms with van der Waals surface area (Å²) in [5, 5.41) is 14.1. The average molecular weight is 584 g/mol. The fraction of sp³-hybridized carbons (Fsp3) is 0.417. The van der Waals surface area contributed by atoms with Crippen LogP contribution in [0.25, 0.3) is 0 Å². The molecule has 10 nitrogen and oxygen atoms in total. The molecule has 2 aromatic rings. The van der Waals surface area contributed by atoms with Crippen molar-refractivity contribution in [3.8, 4) is 0 Å². The van der Waals surface area contributed by atoms with Gasteiger partial charge in [-0.05, 0) is 43.5 Å². The van der Waals surface area contributed by atoms with E-state index in [1.165, 1.54) is 17.0 Å². The molecule has 1 N–H and O–H groups in total. The summed E-state index contributed by atoms with van der Waals surface area (Å²) in [5.41, 5.74) is 0.927. The van der Waals surface area contributed by atoms with Crippen LogP contribution >= 0.6 is 15.9 Å². The molecule has 0 spiro atoms. The number of benzene rings is 2. The molecule has 0 saturated carbocycles. The third-order valence-electron chi connectivity index (χ3n) is 5.61. The van der Waals surface area contributed by atoms with Crippen LogP contribution in [0.2, 0.25) is 0 Å². The molecule has 36 heavy (non-hydrogen) atoms. The Labute approximate surface area is 220 Å². The zero-order valence-corrected chi connectivity index (χ0v) is 23.1. The SMILES string of the molecule is CCCCNC(=O)C(C)N(Cc1ccc(Br)cc1)C(=O)CN(c1cc([N+](=O)[O-])ccc1C)S(C)(=O)=O. The molecule has 0 aliphatic heterocycles. The number of halogens is 1. The molecular weight excluding hydrogens is 552 g/mol. The van der Waals surface area contributed by atoms with Gasteiger partial charge in [-0.1, -0.05) is 47.5 Å². The van der Waals surface area contributed by atoms with E-state index in [2.05, 4.69) is 21.2 Å². The summed E-state index contributed by atoms with van der Waals surface area (Å²) in [5.74, 6) is -0.973. The molecule has 2 amide bonds. The minimum atomic E-state index is -4.00. The summed E-state index contributed by atoms with van der Waals surface area (Å²) in [6, 6.07) is 10.1. The van der Waals surface area contributed by atoms with E-state index in [0.29, 0.717) is 12.1 Å². The third-order valence-corrected chi connectivity index (χ3v) is 7.27. The Morgan fingerprint density at radius 1 is 1.17 bits per heavy atom. The smallest absolute Gasteiger partial charge is 0.271 e. The zero-order chi connectivity index (χ0) is 27.0. The van der Waals surface area contributed by atoms with E-state index in [1.54, 1.807) is 38.1 Å². The number of amides is 2. The molecular formula is C24H31BrN4O6S. The van der Waals surface area contributed by atoms with E-state index in [9.17, 15) is 28.1 Å². The first-order chi connectivity index (χ1) is 16.8. The lowest BCUT2D eigenvalue weighted by Crippen LogP contribution is -2.51. The van der Waals surface area contributed by atoms with Crippen molar-refractivity contribution in [1.82, 2.24) is 10.2 Å². The van der Waals surface area contributed by atoms with Gasteiger partial charge in [0, 0.05) is 29.7 Å². The van der Waals surface area contributed by atoms with Gasteiger partial charge < -0.3 is 10.2 Å². The number of carbonyl (C=O) groups excluding carboxylic acids is 2. The van der Waals surface area contributed by atoms with Crippen molar-refractivity contribution in [2.24, 2.45) is 0 Å². The van der Waals surface area contributed by atoms with Gasteiger partial charge in [0.1, 0.15) is 12.6 Å². The normalized spacial score (nSPS) is 12.0. The van der Waals surface area contributed by atoms with Gasteiger partial charge in [-0.25, -0.2) is 8.42 Å². The molecule has 1 atom stereocenters. The Morgan fingerprint density at radius 3 is 2.36 bits per heavy atom. The second-order valence-corrected chi connectivity index (χ2v) is 11.3. The van der Waals surface area contributed by atoms with E-state index in [4.69, 9.17) is 0 Å². The Morgan fingerprint density at radius 2 is 1.81 bits per heavy atom. The number of sulfonamides is 1. The first kappa shape index (κ1) is 29.2. The molecule has 0 fully saturated rings. The van der Waals surface area contributed by atoms with Crippen LogP contribution in [0.15, 0.2) is 46.9 Å². The third kappa shape index (κ3) is 8.02. The number of nitro groups is 1. The Balaban J connectivity index is 2.43. The summed E-state index contributed by atoms with van der Waals surface area (Å²) >= 11 is 3.37. The number of aryl methyl sites for hydroxylation is 1. The quantitative estimate of drug-likeness (QED) is 0.230. The van der Waals surface area contributed by atoms with Crippen LogP contribution in [0, 0.1) is 17.0 Å². The molecule has 196 valence electrons. The van der Waals surface area contributed by atoms with Gasteiger partial charge in [0.15, 0.2) is 0 Å². The van der Waals surface area contributed by atoms with E-state index in [0.717, 1.165) is 39.5 Å². The highest BCUT2D eigenvalue weighted by atomic mass is 79.9. The monoisotopic (exact) mass is 582 g/mol. The number of unbranched alkanes of at least 4 members (excludes halogenated alkanes) is 1. The van der Waals surface area contributed by atoms with Crippen molar-refractivity contribution in [1.29, 1.82) is 0 Å². The molecule has 12 heteroatoms. The fourth-order valence-electron chi connectivity index (χ4n) is 3.48. The number of anilines is 1. The second kappa shape index (κ2) is 12.8. The lowest BCUT2D eigenvalue weighted by Gasteiger charge is -2.31. The van der Waals surface area contributed by atoms with Gasteiger partial charge in [-0.15, -0.1) is 0 Å². The minimum absolute atomic E-state index is 0.0312. The summed E-state index contributed by atoms with van der Waals surface area (Å²) in [6.45, 7) is 5.09. The van der Waals surface area contributed by atoms with Crippen LogP contribution < -0.4 is 9.62 Å². The molecule has 0 aliphatic rings. The van der Waals surface area contributed by atoms with Crippen molar-refractivity contribution in [3.05, 3.63) is 68.2 Å². The van der Waals surface area contributed by atoms with Crippen LogP contribution in [0.1, 0.15) is 37.8 Å². The number of rotatable bonds is 12. The number of non-ortho nitro benzene ring substituents is 1. The maximum atomic E-state index is 13.5. The largest absolute Gasteiger partial charge is 0.354 e. The molecule has 2 rings (SSSR count). The molecule has 1 unspecified atom stereocenters. The molecule has 0 saturated heterocycles. The average Bonchev–Trinajstić information content (AvgIpc) is 2.81. The zero-order valence-electron chi connectivity index (χ0n) is 20.7. The molecule has 0 heterocycles. The first-order valence-electron chi connectivity index (χ1n) is 11.4. The van der Waals surface area contributed by atoms with Crippen molar-refractivity contribution in [3.63, 3.8) is 0 Å². The number of nitrogens with one attached hydrogen (secondary N) is 1. The van der Waals surface area contributed by atoms with Gasteiger partial charge in [-0.3, -0.25) is 24.0 Å². The summed E-state index contributed by atoms with van der Waals surface area (Å²) in [7, 11) is -4.00. The highest BCUT2D eigenvalue weighted by molar-refractivity contribution is 9.10. The highest BCUT2D eigenvalue weighted by Gasteiger charge is 2.31. The number of hydrogen-bond donors (Lipinski definition) is 1. The van der Waals surface area contributed by atoms with Crippen molar-refractivity contribution in [2.45, 2.75) is 46.2 Å². The maximum Gasteiger partial charge on any atom is 0.271 e. The van der Waals surface area contributed by atoms with Crippen molar-refractivity contribution >= 4 is 49.1 Å². The molecule has 0 aromatic heterocycles. The topological polar surface area (TPSA) is 130 Å². The minimum Gasteiger partial charge on any atom is -0.354 e. The van der Waals surface area contributed by atoms with Crippen LogP contribution in [-0.2, 0) is 26.2 Å². The lowest BCUT2D eigenvalue weighted by atomic mass is 10.1. The van der Waals surface area contributed by atoms with Crippen LogP contribution in [0.4, 0.5) is 11.4 Å². The van der Waals surface area contributed by atoms with Gasteiger partial charge >= 0.3 is 0 Å². The Bertz CT molecular complexity index is 1200. The van der Waals surface area contributed by atoms with Gasteiger partial charge in [0.25, 0.3) is 5.69 Å². The molecule has 0 aliphatic carbocycles. The second-order valence-electron chi connectivity index (χ2n) is 8.47. The summed E-state index contributed by atoms with van der Waals surface area (Å²) in [6.07, 6.45) is 2.60. The van der Waals surface area contributed by atoms with Crippen molar-refractivity contribution < 1.29 is 22.9 Å². The molecule has 0 radical (unpaired) electrons. The van der Waals surface area contributed by atoms with Gasteiger partial charge in [0.05, 0.1) is 16.9 Å². The first-order valence-corrected chi connectivity index (χ1v) is 14.0. The number of carbonyl (C=O) groups is 2. The predicted octanol–water partition coefficient (Wildman–Crippen LogP) is 3.77. The standard InChI is InChI=1S/C24H31BrN4O6S/c1-5-6-13-26-24(31)18(3)27(15-19-8-10-20(25)11-9-19)23(30)16-28(36(4,34)35)22-14-21(29(32)33)12-7-17(22)2/h7-12,14,18H,5-6,13,15-16H2,1-4H3,(H,26,31). The Hall–Kier alpha value is -2.99. The van der Waals surface area contributed by atoms with Crippen molar-refractivity contribution in [2.75, 3.05) is 23.7 Å². The van der Waals surface area contributed by atoms with Gasteiger partial charge in [0.2, 0.25) is 21.8 Å². The number of nitrogens with zero attached hydrogens (tertiary/aromatic N) is 3. The highest BCUT2D eigenvalue weighted by Crippen LogP contribution is 2.28. The van der Waals surface area contributed by atoms with Crippen LogP contribution in [0.5, 0.6) is 0 Å². The fourth-order valence-corrected chi connectivity index (χ4v) is 4.64. The lowest BCUT2D eigenvalue weighted by molar-refractivity contribution is -0.384. The molecule has 0 bridgehead atoms. The van der Waals surface area contributed by atoms with E-state index in [-0.39, 0.29) is 23.8 Å². The summed E-state index contributed by atoms with van der Waals surface area (Å²) < 4.78 is 27.1. The van der Waals surface area contributed by atoms with Crippen LogP contribution in [0.3, 0.4) is 0 Å². The van der Waals surface area contributed by atoms with Crippen LogP contribution in [-0.4, -0.2) is 55.4 Å². The summed E-state index contributed by atoms with van der Waals surface area (Å²) in [4.78, 5) is 38.3. The maximum absolute atomic E-state index is 13.5. The number of hydrogen-bond acceptors (Lipinski definition) is 6. The molecule has 2 aromatic carbocycles. The van der Waals surface area contributed by atoms with E-state index >= 15 is 0 Å².